The first-order valence-corrected chi connectivity index (χ1v) is 18.2. The zero-order valence-corrected chi connectivity index (χ0v) is 26.6. The van der Waals surface area contributed by atoms with Gasteiger partial charge in [0.15, 0.2) is 0 Å². The number of aliphatic hydroxyl groups is 1. The summed E-state index contributed by atoms with van der Waals surface area (Å²) in [6.07, 6.45) is 12.1. The number of pyridine rings is 1. The molecule has 2 fully saturated rings. The number of unbranched alkanes of at least 4 members (excludes halogenated alkanes) is 4. The molecule has 3 aromatic rings. The Morgan fingerprint density at radius 3 is 2.55 bits per heavy atom. The molecular weight excluding hydrogens is 567 g/mol. The first-order valence-electron chi connectivity index (χ1n) is 15.5. The quantitative estimate of drug-likeness (QED) is 0.180. The number of nitrogens with zero attached hydrogens (tertiary/aromatic N) is 2. The summed E-state index contributed by atoms with van der Waals surface area (Å²) < 4.78 is 34.6. The summed E-state index contributed by atoms with van der Waals surface area (Å²) in [4.78, 5) is 8.62. The highest BCUT2D eigenvalue weighted by Gasteiger charge is 2.38. The van der Waals surface area contributed by atoms with Crippen LogP contribution in [-0.2, 0) is 9.84 Å². The molecule has 0 spiro atoms. The van der Waals surface area contributed by atoms with Crippen LogP contribution >= 0.6 is 11.8 Å². The third kappa shape index (κ3) is 7.13. The number of fused-ring (bicyclic) bond motifs is 1. The van der Waals surface area contributed by atoms with E-state index in [0.29, 0.717) is 31.2 Å². The van der Waals surface area contributed by atoms with Crippen LogP contribution in [0.3, 0.4) is 0 Å². The molecule has 3 heterocycles. The number of aliphatic hydroxyl groups excluding tert-OH is 1. The number of nitrogens with one attached hydrogen (secondary N) is 1. The molecule has 42 heavy (non-hydrogen) atoms. The van der Waals surface area contributed by atoms with Gasteiger partial charge in [0, 0.05) is 35.1 Å². The first kappa shape index (κ1) is 31.3. The van der Waals surface area contributed by atoms with Crippen LogP contribution in [0.15, 0.2) is 63.3 Å². The Balaban J connectivity index is 1.52. The molecule has 2 aliphatic heterocycles. The molecule has 2 N–H and O–H groups in total. The van der Waals surface area contributed by atoms with E-state index in [1.165, 1.54) is 25.5 Å². The van der Waals surface area contributed by atoms with Crippen molar-refractivity contribution in [3.8, 4) is 5.75 Å². The van der Waals surface area contributed by atoms with Crippen LogP contribution in [0.2, 0.25) is 0 Å². The maximum Gasteiger partial charge on any atom is 0.208 e. The maximum atomic E-state index is 14.4. The first-order chi connectivity index (χ1) is 20.4. The lowest BCUT2D eigenvalue weighted by atomic mass is 9.88. The lowest BCUT2D eigenvalue weighted by molar-refractivity contribution is 0.00767. The SMILES string of the molecule is CCCCCCCOc1ccc(S(=O)(=O)c2cnc3ccc(SC)cc3c2C2CC(O)CCN2C2CCNCC2)cc1. The zero-order valence-electron chi connectivity index (χ0n) is 24.9. The number of piperidine rings is 2. The second-order valence-electron chi connectivity index (χ2n) is 11.6. The Morgan fingerprint density at radius 1 is 1.05 bits per heavy atom. The number of sulfone groups is 1. The summed E-state index contributed by atoms with van der Waals surface area (Å²) >= 11 is 1.63. The second-order valence-corrected chi connectivity index (χ2v) is 14.4. The summed E-state index contributed by atoms with van der Waals surface area (Å²) in [6.45, 7) is 5.47. The average molecular weight is 612 g/mol. The molecule has 7 nitrogen and oxygen atoms in total. The van der Waals surface area contributed by atoms with E-state index in [1.807, 2.05) is 18.4 Å². The normalized spacial score (nSPS) is 20.6. The number of hydrogen-bond donors (Lipinski definition) is 2. The third-order valence-corrected chi connectivity index (χ3v) is 11.3. The van der Waals surface area contributed by atoms with Crippen molar-refractivity contribution in [2.24, 2.45) is 0 Å². The highest BCUT2D eigenvalue weighted by molar-refractivity contribution is 7.98. The van der Waals surface area contributed by atoms with Gasteiger partial charge < -0.3 is 15.2 Å². The molecule has 2 saturated heterocycles. The monoisotopic (exact) mass is 611 g/mol. The molecule has 0 aliphatic carbocycles. The third-order valence-electron chi connectivity index (χ3n) is 8.75. The Kier molecular flexibility index (Phi) is 10.8. The Morgan fingerprint density at radius 2 is 1.81 bits per heavy atom. The van der Waals surface area contributed by atoms with Crippen LogP contribution in [0.25, 0.3) is 10.9 Å². The highest BCUT2D eigenvalue weighted by Crippen LogP contribution is 2.42. The minimum absolute atomic E-state index is 0.223. The molecule has 0 radical (unpaired) electrons. The molecule has 2 atom stereocenters. The van der Waals surface area contributed by atoms with Crippen molar-refractivity contribution in [3.05, 3.63) is 54.2 Å². The fourth-order valence-electron chi connectivity index (χ4n) is 6.42. The van der Waals surface area contributed by atoms with Crippen molar-refractivity contribution in [2.45, 2.75) is 97.6 Å². The van der Waals surface area contributed by atoms with Gasteiger partial charge >= 0.3 is 0 Å². The van der Waals surface area contributed by atoms with Crippen molar-refractivity contribution < 1.29 is 18.3 Å². The van der Waals surface area contributed by atoms with Crippen molar-refractivity contribution in [3.63, 3.8) is 0 Å². The van der Waals surface area contributed by atoms with Gasteiger partial charge in [0.05, 0.1) is 28.0 Å². The van der Waals surface area contributed by atoms with Crippen LogP contribution in [0.1, 0.15) is 76.3 Å². The van der Waals surface area contributed by atoms with Crippen molar-refractivity contribution >= 4 is 32.5 Å². The minimum atomic E-state index is -3.90. The number of ether oxygens (including phenoxy) is 1. The van der Waals surface area contributed by atoms with Crippen LogP contribution in [0.5, 0.6) is 5.75 Å². The Labute approximate surface area is 255 Å². The van der Waals surface area contributed by atoms with Crippen molar-refractivity contribution in [2.75, 3.05) is 32.5 Å². The van der Waals surface area contributed by atoms with Crippen LogP contribution in [0, 0.1) is 0 Å². The van der Waals surface area contributed by atoms with Gasteiger partial charge in [-0.2, -0.15) is 0 Å². The molecular formula is C33H45N3O4S2. The van der Waals surface area contributed by atoms with Crippen LogP contribution in [0.4, 0.5) is 0 Å². The standard InChI is InChI=1S/C33H45N3O4S2/c1-3-4-5-6-7-20-40-26-8-11-28(12-9-26)42(38,39)32-23-35-30-13-10-27(41-2)22-29(30)33(32)31-21-25(37)16-19-36(31)24-14-17-34-18-15-24/h8-13,22-25,31,34,37H,3-7,14-21H2,1-2H3. The van der Waals surface area contributed by atoms with Crippen LogP contribution < -0.4 is 10.1 Å². The summed E-state index contributed by atoms with van der Waals surface area (Å²) in [6, 6.07) is 13.0. The molecule has 1 aromatic heterocycles. The number of likely N-dealkylation sites (tertiary alicyclic amines) is 1. The predicted octanol–water partition coefficient (Wildman–Crippen LogP) is 6.39. The topological polar surface area (TPSA) is 91.8 Å². The molecule has 2 aliphatic rings. The molecule has 5 rings (SSSR count). The fraction of sp³-hybridized carbons (Fsp3) is 0.545. The van der Waals surface area contributed by atoms with E-state index in [2.05, 4.69) is 28.2 Å². The van der Waals surface area contributed by atoms with E-state index < -0.39 is 15.9 Å². The van der Waals surface area contributed by atoms with E-state index in [4.69, 9.17) is 4.74 Å². The average Bonchev–Trinajstić information content (AvgIpc) is 3.02. The van der Waals surface area contributed by atoms with E-state index in [-0.39, 0.29) is 15.8 Å². The van der Waals surface area contributed by atoms with Gasteiger partial charge in [-0.05, 0) is 99.5 Å². The van der Waals surface area contributed by atoms with Gasteiger partial charge in [0.1, 0.15) is 5.75 Å². The van der Waals surface area contributed by atoms with Crippen LogP contribution in [-0.4, -0.2) is 68.1 Å². The highest BCUT2D eigenvalue weighted by atomic mass is 32.2. The molecule has 0 saturated carbocycles. The molecule has 9 heteroatoms. The molecule has 2 unspecified atom stereocenters. The van der Waals surface area contributed by atoms with Gasteiger partial charge in [0.25, 0.3) is 0 Å². The number of benzene rings is 2. The number of thioether (sulfide) groups is 1. The van der Waals surface area contributed by atoms with Gasteiger partial charge in [-0.1, -0.05) is 32.6 Å². The largest absolute Gasteiger partial charge is 0.494 e. The smallest absolute Gasteiger partial charge is 0.208 e. The molecule has 0 bridgehead atoms. The van der Waals surface area contributed by atoms with E-state index >= 15 is 0 Å². The van der Waals surface area contributed by atoms with E-state index in [1.54, 1.807) is 36.0 Å². The molecule has 0 amide bonds. The lowest BCUT2D eigenvalue weighted by Gasteiger charge is -2.45. The summed E-state index contributed by atoms with van der Waals surface area (Å²) in [7, 11) is -3.90. The van der Waals surface area contributed by atoms with Gasteiger partial charge in [-0.3, -0.25) is 9.88 Å². The zero-order chi connectivity index (χ0) is 29.5. The van der Waals surface area contributed by atoms with Crippen molar-refractivity contribution in [1.82, 2.24) is 15.2 Å². The molecule has 2 aromatic carbocycles. The maximum absolute atomic E-state index is 14.4. The minimum Gasteiger partial charge on any atom is -0.494 e. The van der Waals surface area contributed by atoms with Gasteiger partial charge in [-0.25, -0.2) is 8.42 Å². The van der Waals surface area contributed by atoms with Crippen molar-refractivity contribution in [1.29, 1.82) is 0 Å². The van der Waals surface area contributed by atoms with Gasteiger partial charge in [0.2, 0.25) is 9.84 Å². The Hall–Kier alpha value is -2.17. The summed E-state index contributed by atoms with van der Waals surface area (Å²) in [5, 5.41) is 15.2. The van der Waals surface area contributed by atoms with Gasteiger partial charge in [-0.15, -0.1) is 11.8 Å². The number of hydrogen-bond acceptors (Lipinski definition) is 8. The number of rotatable bonds is 12. The second kappa shape index (κ2) is 14.5. The molecule has 228 valence electrons. The number of aromatic nitrogens is 1. The Bertz CT molecular complexity index is 1430. The summed E-state index contributed by atoms with van der Waals surface area (Å²) in [5.41, 5.74) is 1.54. The summed E-state index contributed by atoms with van der Waals surface area (Å²) in [5.74, 6) is 0.679. The van der Waals surface area contributed by atoms with E-state index in [9.17, 15) is 13.5 Å². The fourth-order valence-corrected chi connectivity index (χ4v) is 8.34. The lowest BCUT2D eigenvalue weighted by Crippen LogP contribution is -2.49. The van der Waals surface area contributed by atoms with E-state index in [0.717, 1.165) is 66.7 Å². The predicted molar refractivity (Wildman–Crippen MR) is 170 cm³/mol.